The molecule has 0 aromatic carbocycles. The summed E-state index contributed by atoms with van der Waals surface area (Å²) < 4.78 is 1.00. The number of hydrogen-bond donors (Lipinski definition) is 1. The number of quaternary nitrogens is 1. The summed E-state index contributed by atoms with van der Waals surface area (Å²) in [6.07, 6.45) is 1.12. The summed E-state index contributed by atoms with van der Waals surface area (Å²) in [7, 11) is 4.39. The van der Waals surface area contributed by atoms with Crippen LogP contribution in [0, 0.1) is 0 Å². The molecule has 0 saturated heterocycles. The molecule has 0 saturated carbocycles. The summed E-state index contributed by atoms with van der Waals surface area (Å²) in [6, 6.07) is 0. The Balaban J connectivity index is 0. The number of nitrogens with one attached hydrogen (secondary N) is 1. The third-order valence-corrected chi connectivity index (χ3v) is 2.76. The molecule has 1 N–H and O–H groups in total. The van der Waals surface area contributed by atoms with Gasteiger partial charge in [-0.25, -0.2) is 0 Å². The average Bonchev–Trinajstić information content (AvgIpc) is 2.34. The number of carboxylic acid groups (broad SMARTS) is 1. The second-order valence-corrected chi connectivity index (χ2v) is 5.09. The van der Waals surface area contributed by atoms with Gasteiger partial charge in [0.25, 0.3) is 0 Å². The molecule has 1 amide bonds. The minimum Gasteiger partial charge on any atom is -0.550 e. The maximum absolute atomic E-state index is 11.1. The molecule has 0 fully saturated rings. The Morgan fingerprint density at radius 3 is 2.05 bits per heavy atom. The van der Waals surface area contributed by atoms with Gasteiger partial charge in [0.2, 0.25) is 5.91 Å². The zero-order valence-electron chi connectivity index (χ0n) is 12.9. The minimum absolute atomic E-state index is 0.0354. The number of rotatable bonds is 7. The molecule has 0 aliphatic carbocycles. The number of carbonyl (C=O) groups excluding carboxylic acids is 2. The van der Waals surface area contributed by atoms with Gasteiger partial charge < -0.3 is 19.7 Å². The number of carbonyl (C=O) groups is 2. The summed E-state index contributed by atoms with van der Waals surface area (Å²) in [4.78, 5) is 20.4. The number of nitrogens with zero attached hydrogens (tertiary/aromatic N) is 1. The summed E-state index contributed by atoms with van der Waals surface area (Å²) >= 11 is 0. The predicted octanol–water partition coefficient (Wildman–Crippen LogP) is 0.311. The number of hydrogen-bond acceptors (Lipinski definition) is 3. The van der Waals surface area contributed by atoms with Crippen LogP contribution in [0.4, 0.5) is 0 Å². The Bertz CT molecular complexity index is 299. The van der Waals surface area contributed by atoms with Crippen LogP contribution in [0.15, 0.2) is 12.2 Å². The molecule has 19 heavy (non-hydrogen) atoms. The third kappa shape index (κ3) is 14.6. The highest BCUT2D eigenvalue weighted by Gasteiger charge is 2.10. The fourth-order valence-electron chi connectivity index (χ4n) is 1.02. The summed E-state index contributed by atoms with van der Waals surface area (Å²) in [5, 5.41) is 12.1. The SMILES string of the molecule is C=C(C)C(=O)NCCC[N+](C)(C)CC.CCC(=O)[O-]. The van der Waals surface area contributed by atoms with Gasteiger partial charge in [0.1, 0.15) is 0 Å². The van der Waals surface area contributed by atoms with Crippen molar-refractivity contribution < 1.29 is 19.2 Å². The van der Waals surface area contributed by atoms with Crippen molar-refractivity contribution in [1.29, 1.82) is 0 Å². The van der Waals surface area contributed by atoms with Crippen LogP contribution in [0.2, 0.25) is 0 Å². The first-order valence-corrected chi connectivity index (χ1v) is 6.61. The quantitative estimate of drug-likeness (QED) is 0.412. The van der Waals surface area contributed by atoms with Crippen LogP contribution >= 0.6 is 0 Å². The van der Waals surface area contributed by atoms with Crippen molar-refractivity contribution in [1.82, 2.24) is 5.32 Å². The molecule has 0 aromatic rings. The average molecular weight is 272 g/mol. The Morgan fingerprint density at radius 2 is 1.74 bits per heavy atom. The monoisotopic (exact) mass is 272 g/mol. The van der Waals surface area contributed by atoms with Gasteiger partial charge in [-0.3, -0.25) is 4.79 Å². The first-order chi connectivity index (χ1) is 8.66. The summed E-state index contributed by atoms with van der Waals surface area (Å²) in [5.41, 5.74) is 0.578. The standard InChI is InChI=1S/C11H22N2O.C3H6O2/c1-6-13(4,5)9-7-8-12-11(14)10(2)3;1-2-3(4)5/h2,6-9H2,1,3-5H3;2H2,1H3,(H,4,5). The molecule has 112 valence electrons. The van der Waals surface area contributed by atoms with E-state index in [0.717, 1.165) is 30.5 Å². The van der Waals surface area contributed by atoms with Crippen LogP contribution in [-0.2, 0) is 9.59 Å². The molecule has 0 radical (unpaired) electrons. The van der Waals surface area contributed by atoms with Crippen molar-refractivity contribution in [2.45, 2.75) is 33.6 Å². The van der Waals surface area contributed by atoms with Crippen molar-refractivity contribution in [3.8, 4) is 0 Å². The van der Waals surface area contributed by atoms with Crippen LogP contribution < -0.4 is 10.4 Å². The molecule has 0 heterocycles. The van der Waals surface area contributed by atoms with Gasteiger partial charge in [0, 0.05) is 24.5 Å². The van der Waals surface area contributed by atoms with E-state index in [-0.39, 0.29) is 12.3 Å². The second-order valence-electron chi connectivity index (χ2n) is 5.09. The molecule has 5 heteroatoms. The van der Waals surface area contributed by atoms with E-state index in [1.807, 2.05) is 0 Å². The van der Waals surface area contributed by atoms with Gasteiger partial charge in [0.05, 0.1) is 27.2 Å². The largest absolute Gasteiger partial charge is 0.550 e. The lowest BCUT2D eigenvalue weighted by atomic mass is 10.3. The van der Waals surface area contributed by atoms with Gasteiger partial charge >= 0.3 is 0 Å². The number of amides is 1. The predicted molar refractivity (Wildman–Crippen MR) is 75.3 cm³/mol. The third-order valence-electron chi connectivity index (χ3n) is 2.76. The Kier molecular flexibility index (Phi) is 11.1. The van der Waals surface area contributed by atoms with Gasteiger partial charge in [-0.15, -0.1) is 0 Å². The van der Waals surface area contributed by atoms with Crippen LogP contribution in [0.1, 0.15) is 33.6 Å². The van der Waals surface area contributed by atoms with Crippen LogP contribution in [0.25, 0.3) is 0 Å². The van der Waals surface area contributed by atoms with Gasteiger partial charge in [-0.05, 0) is 20.3 Å². The summed E-state index contributed by atoms with van der Waals surface area (Å²) in [6.45, 7) is 12.0. The lowest BCUT2D eigenvalue weighted by molar-refractivity contribution is -0.888. The van der Waals surface area contributed by atoms with Crippen molar-refractivity contribution in [3.63, 3.8) is 0 Å². The second kappa shape index (κ2) is 10.6. The molecule has 5 nitrogen and oxygen atoms in total. The highest BCUT2D eigenvalue weighted by atomic mass is 16.4. The topological polar surface area (TPSA) is 69.2 Å². The molecule has 0 spiro atoms. The van der Waals surface area contributed by atoms with E-state index >= 15 is 0 Å². The molecule has 0 bridgehead atoms. The molecular weight excluding hydrogens is 244 g/mol. The van der Waals surface area contributed by atoms with Crippen LogP contribution in [-0.4, -0.2) is 50.1 Å². The van der Waals surface area contributed by atoms with E-state index in [1.165, 1.54) is 6.92 Å². The minimum atomic E-state index is -0.995. The fourth-order valence-corrected chi connectivity index (χ4v) is 1.02. The van der Waals surface area contributed by atoms with Crippen LogP contribution in [0.5, 0.6) is 0 Å². The Hall–Kier alpha value is -1.36. The lowest BCUT2D eigenvalue weighted by Gasteiger charge is -2.28. The molecule has 0 rings (SSSR count). The first-order valence-electron chi connectivity index (χ1n) is 6.61. The lowest BCUT2D eigenvalue weighted by Crippen LogP contribution is -2.41. The smallest absolute Gasteiger partial charge is 0.246 e. The van der Waals surface area contributed by atoms with Gasteiger partial charge in [-0.1, -0.05) is 13.5 Å². The molecule has 0 atom stereocenters. The molecular formula is C14H28N2O3. The van der Waals surface area contributed by atoms with E-state index in [0.29, 0.717) is 5.57 Å². The zero-order chi connectivity index (χ0) is 15.5. The number of carboxylic acids is 1. The van der Waals surface area contributed by atoms with E-state index in [2.05, 4.69) is 32.9 Å². The van der Waals surface area contributed by atoms with E-state index in [9.17, 15) is 14.7 Å². The number of aliphatic carboxylic acids is 1. The molecule has 0 aromatic heterocycles. The highest BCUT2D eigenvalue weighted by Crippen LogP contribution is 1.97. The van der Waals surface area contributed by atoms with Crippen LogP contribution in [0.3, 0.4) is 0 Å². The first kappa shape index (κ1) is 20.0. The molecule has 0 unspecified atom stereocenters. The van der Waals surface area contributed by atoms with E-state index in [4.69, 9.17) is 0 Å². The van der Waals surface area contributed by atoms with Crippen molar-refractivity contribution >= 4 is 11.9 Å². The van der Waals surface area contributed by atoms with Gasteiger partial charge in [-0.2, -0.15) is 0 Å². The summed E-state index contributed by atoms with van der Waals surface area (Å²) in [5.74, 6) is -1.03. The Morgan fingerprint density at radius 1 is 1.26 bits per heavy atom. The molecule has 0 aliphatic heterocycles. The maximum Gasteiger partial charge on any atom is 0.246 e. The Labute approximate surface area is 116 Å². The van der Waals surface area contributed by atoms with Crippen molar-refractivity contribution in [3.05, 3.63) is 12.2 Å². The zero-order valence-corrected chi connectivity index (χ0v) is 12.9. The van der Waals surface area contributed by atoms with E-state index in [1.54, 1.807) is 6.92 Å². The highest BCUT2D eigenvalue weighted by molar-refractivity contribution is 5.91. The fraction of sp³-hybridized carbons (Fsp3) is 0.714. The van der Waals surface area contributed by atoms with Crippen molar-refractivity contribution in [2.24, 2.45) is 0 Å². The maximum atomic E-state index is 11.1. The van der Waals surface area contributed by atoms with Gasteiger partial charge in [0.15, 0.2) is 0 Å². The molecule has 0 aliphatic rings. The van der Waals surface area contributed by atoms with E-state index < -0.39 is 5.97 Å². The van der Waals surface area contributed by atoms with Crippen molar-refractivity contribution in [2.75, 3.05) is 33.7 Å². The normalized spacial score (nSPS) is 10.2.